The smallest absolute Gasteiger partial charge is 0.262 e. The van der Waals surface area contributed by atoms with E-state index in [1.807, 2.05) is 30.3 Å². The van der Waals surface area contributed by atoms with Crippen LogP contribution in [0.2, 0.25) is 0 Å². The molecule has 1 aromatic carbocycles. The topological polar surface area (TPSA) is 67.2 Å². The third-order valence-corrected chi connectivity index (χ3v) is 3.44. The van der Waals surface area contributed by atoms with Crippen molar-refractivity contribution in [2.75, 3.05) is 6.54 Å². The largest absolute Gasteiger partial charge is 0.444 e. The van der Waals surface area contributed by atoms with E-state index in [1.54, 1.807) is 0 Å². The van der Waals surface area contributed by atoms with Gasteiger partial charge in [0.25, 0.3) is 5.92 Å². The van der Waals surface area contributed by atoms with E-state index in [-0.39, 0.29) is 19.0 Å². The molecule has 1 amide bonds. The van der Waals surface area contributed by atoms with Crippen LogP contribution in [-0.4, -0.2) is 29.4 Å². The predicted octanol–water partition coefficient (Wildman–Crippen LogP) is 2.38. The summed E-state index contributed by atoms with van der Waals surface area (Å²) in [7, 11) is 0. The van der Waals surface area contributed by atoms with Gasteiger partial charge in [-0.2, -0.15) is 0 Å². The number of nitrogens with zero attached hydrogens (tertiary/aromatic N) is 1. The van der Waals surface area contributed by atoms with Crippen LogP contribution in [0.25, 0.3) is 11.5 Å². The van der Waals surface area contributed by atoms with Crippen molar-refractivity contribution in [3.63, 3.8) is 0 Å². The molecule has 1 fully saturated rings. The van der Waals surface area contributed by atoms with Gasteiger partial charge < -0.3 is 9.73 Å². The van der Waals surface area contributed by atoms with Crippen molar-refractivity contribution < 1.29 is 18.0 Å². The normalized spacial score (nSPS) is 19.1. The Balaban J connectivity index is 0.00000192. The van der Waals surface area contributed by atoms with Crippen molar-refractivity contribution in [3.05, 3.63) is 42.3 Å². The first-order valence-corrected chi connectivity index (χ1v) is 6.92. The second-order valence-electron chi connectivity index (χ2n) is 5.22. The number of benzene rings is 1. The van der Waals surface area contributed by atoms with Gasteiger partial charge in [0.1, 0.15) is 6.26 Å². The van der Waals surface area contributed by atoms with Gasteiger partial charge in [-0.05, 0) is 12.1 Å². The summed E-state index contributed by atoms with van der Waals surface area (Å²) >= 11 is 0. The Bertz CT molecular complexity index is 664. The third-order valence-electron chi connectivity index (χ3n) is 3.44. The summed E-state index contributed by atoms with van der Waals surface area (Å²) in [4.78, 5) is 16.1. The molecule has 2 aromatic rings. The van der Waals surface area contributed by atoms with E-state index >= 15 is 0 Å². The number of hydrogen-bond donors (Lipinski definition) is 2. The minimum absolute atomic E-state index is 0. The van der Waals surface area contributed by atoms with E-state index in [9.17, 15) is 13.6 Å². The zero-order chi connectivity index (χ0) is 15.6. The fraction of sp³-hybridized carbons (Fsp3) is 0.333. The number of amides is 1. The maximum absolute atomic E-state index is 13.0. The molecular weight excluding hydrogens is 328 g/mol. The van der Waals surface area contributed by atoms with Crippen molar-refractivity contribution in [3.8, 4) is 11.5 Å². The molecule has 1 saturated heterocycles. The van der Waals surface area contributed by atoms with Gasteiger partial charge in [-0.15, -0.1) is 12.4 Å². The molecule has 1 unspecified atom stereocenters. The predicted molar refractivity (Wildman–Crippen MR) is 82.4 cm³/mol. The van der Waals surface area contributed by atoms with Crippen molar-refractivity contribution >= 4 is 18.3 Å². The Morgan fingerprint density at radius 3 is 2.78 bits per heavy atom. The molecule has 0 bridgehead atoms. The first-order chi connectivity index (χ1) is 10.5. The molecule has 1 aliphatic rings. The summed E-state index contributed by atoms with van der Waals surface area (Å²) in [6.45, 7) is -0.327. The molecule has 1 atom stereocenters. The highest BCUT2D eigenvalue weighted by Gasteiger charge is 2.42. The number of aromatic nitrogens is 1. The lowest BCUT2D eigenvalue weighted by Gasteiger charge is -2.09. The van der Waals surface area contributed by atoms with Crippen LogP contribution in [0.1, 0.15) is 12.1 Å². The second-order valence-corrected chi connectivity index (χ2v) is 5.22. The molecular formula is C15H16ClF2N3O2. The average Bonchev–Trinajstić information content (AvgIpc) is 3.12. The lowest BCUT2D eigenvalue weighted by Crippen LogP contribution is -2.40. The number of halogens is 3. The highest BCUT2D eigenvalue weighted by molar-refractivity contribution is 5.85. The van der Waals surface area contributed by atoms with E-state index in [0.717, 1.165) is 5.56 Å². The van der Waals surface area contributed by atoms with E-state index in [0.29, 0.717) is 11.6 Å². The number of alkyl halides is 2. The molecule has 0 saturated carbocycles. The molecule has 1 aliphatic heterocycles. The number of nitrogens with one attached hydrogen (secondary N) is 2. The van der Waals surface area contributed by atoms with E-state index in [4.69, 9.17) is 4.42 Å². The lowest BCUT2D eigenvalue weighted by molar-refractivity contribution is -0.123. The zero-order valence-electron chi connectivity index (χ0n) is 12.1. The van der Waals surface area contributed by atoms with Gasteiger partial charge >= 0.3 is 0 Å². The zero-order valence-corrected chi connectivity index (χ0v) is 12.9. The van der Waals surface area contributed by atoms with Gasteiger partial charge in [0.2, 0.25) is 11.8 Å². The Morgan fingerprint density at radius 1 is 1.39 bits per heavy atom. The molecule has 0 radical (unpaired) electrons. The summed E-state index contributed by atoms with van der Waals surface area (Å²) in [5.74, 6) is -2.83. The molecule has 0 spiro atoms. The standard InChI is InChI=1S/C15H15F2N3O2.ClH/c16-15(17)6-12(19-9-15)13(21)18-7-11-8-22-14(20-11)10-4-2-1-3-5-10;/h1-5,8,12,19H,6-7,9H2,(H,18,21);1H. The Morgan fingerprint density at radius 2 is 2.13 bits per heavy atom. The summed E-state index contributed by atoms with van der Waals surface area (Å²) in [5.41, 5.74) is 1.37. The highest BCUT2D eigenvalue weighted by Crippen LogP contribution is 2.25. The molecule has 5 nitrogen and oxygen atoms in total. The fourth-order valence-corrected chi connectivity index (χ4v) is 2.30. The van der Waals surface area contributed by atoms with Crippen LogP contribution in [0.4, 0.5) is 8.78 Å². The molecule has 1 aromatic heterocycles. The maximum Gasteiger partial charge on any atom is 0.262 e. The first-order valence-electron chi connectivity index (χ1n) is 6.92. The molecule has 0 aliphatic carbocycles. The number of carbonyl (C=O) groups excluding carboxylic acids is 1. The van der Waals surface area contributed by atoms with Crippen molar-refractivity contribution in [2.45, 2.75) is 24.9 Å². The van der Waals surface area contributed by atoms with E-state index < -0.39 is 30.8 Å². The van der Waals surface area contributed by atoms with E-state index in [2.05, 4.69) is 15.6 Å². The average molecular weight is 344 g/mol. The van der Waals surface area contributed by atoms with Gasteiger partial charge in [0.05, 0.1) is 24.8 Å². The molecule has 8 heteroatoms. The summed E-state index contributed by atoms with van der Waals surface area (Å²) < 4.78 is 31.4. The van der Waals surface area contributed by atoms with Crippen LogP contribution in [0.5, 0.6) is 0 Å². The SMILES string of the molecule is Cl.O=C(NCc1coc(-c2ccccc2)n1)C1CC(F)(F)CN1. The molecule has 124 valence electrons. The van der Waals surface area contributed by atoms with Crippen LogP contribution in [0.15, 0.2) is 41.0 Å². The minimum Gasteiger partial charge on any atom is -0.444 e. The van der Waals surface area contributed by atoms with Crippen molar-refractivity contribution in [2.24, 2.45) is 0 Å². The lowest BCUT2D eigenvalue weighted by atomic mass is 10.2. The molecule has 23 heavy (non-hydrogen) atoms. The van der Waals surface area contributed by atoms with Crippen molar-refractivity contribution in [1.82, 2.24) is 15.6 Å². The van der Waals surface area contributed by atoms with Gasteiger partial charge in [-0.25, -0.2) is 13.8 Å². The van der Waals surface area contributed by atoms with Crippen LogP contribution in [0, 0.1) is 0 Å². The van der Waals surface area contributed by atoms with E-state index in [1.165, 1.54) is 6.26 Å². The fourth-order valence-electron chi connectivity index (χ4n) is 2.30. The maximum atomic E-state index is 13.0. The Labute approximate surface area is 137 Å². The van der Waals surface area contributed by atoms with Gasteiger partial charge in [0, 0.05) is 12.0 Å². The van der Waals surface area contributed by atoms with Crippen LogP contribution < -0.4 is 10.6 Å². The Hall–Kier alpha value is -1.99. The van der Waals surface area contributed by atoms with Gasteiger partial charge in [-0.3, -0.25) is 10.1 Å². The molecule has 2 N–H and O–H groups in total. The number of hydrogen-bond acceptors (Lipinski definition) is 4. The van der Waals surface area contributed by atoms with Crippen LogP contribution in [-0.2, 0) is 11.3 Å². The van der Waals surface area contributed by atoms with Gasteiger partial charge in [-0.1, -0.05) is 18.2 Å². The molecule has 2 heterocycles. The van der Waals surface area contributed by atoms with Gasteiger partial charge in [0.15, 0.2) is 0 Å². The third kappa shape index (κ3) is 4.27. The number of rotatable bonds is 4. The summed E-state index contributed by atoms with van der Waals surface area (Å²) in [5, 5.41) is 5.09. The number of oxazole rings is 1. The minimum atomic E-state index is -2.82. The highest BCUT2D eigenvalue weighted by atomic mass is 35.5. The second kappa shape index (κ2) is 7.06. The van der Waals surface area contributed by atoms with Crippen LogP contribution >= 0.6 is 12.4 Å². The van der Waals surface area contributed by atoms with Crippen LogP contribution in [0.3, 0.4) is 0 Å². The summed E-state index contributed by atoms with van der Waals surface area (Å²) in [6, 6.07) is 8.48. The molecule has 3 rings (SSSR count). The monoisotopic (exact) mass is 343 g/mol. The van der Waals surface area contributed by atoms with Crippen molar-refractivity contribution in [1.29, 1.82) is 0 Å². The first kappa shape index (κ1) is 17.4. The number of carbonyl (C=O) groups is 1. The quantitative estimate of drug-likeness (QED) is 0.894. The summed E-state index contributed by atoms with van der Waals surface area (Å²) in [6.07, 6.45) is 0.964. The Kier molecular flexibility index (Phi) is 5.33.